The topological polar surface area (TPSA) is 126 Å². The summed E-state index contributed by atoms with van der Waals surface area (Å²) in [5, 5.41) is 2.64. The number of carbonyl (C=O) groups is 3. The summed E-state index contributed by atoms with van der Waals surface area (Å²) in [6.07, 6.45) is 2.68. The highest BCUT2D eigenvalue weighted by molar-refractivity contribution is 14.1. The monoisotopic (exact) mass is 629 g/mol. The molecule has 0 aliphatic carbocycles. The molecule has 1 aliphatic heterocycles. The van der Waals surface area contributed by atoms with Crippen molar-refractivity contribution in [2.45, 2.75) is 31.3 Å². The Bertz CT molecular complexity index is 1280. The van der Waals surface area contributed by atoms with E-state index in [4.69, 9.17) is 9.57 Å². The molecule has 0 bridgehead atoms. The van der Waals surface area contributed by atoms with Crippen molar-refractivity contribution in [2.75, 3.05) is 13.2 Å². The Morgan fingerprint density at radius 1 is 1.18 bits per heavy atom. The molecule has 1 aliphatic rings. The third-order valence-electron chi connectivity index (χ3n) is 6.16. The number of urea groups is 1. The first kappa shape index (κ1) is 27.3. The number of nitrogens with one attached hydrogen (secondary N) is 3. The van der Waals surface area contributed by atoms with Crippen LogP contribution in [0.1, 0.15) is 36.7 Å². The van der Waals surface area contributed by atoms with Crippen LogP contribution in [-0.4, -0.2) is 52.0 Å². The van der Waals surface area contributed by atoms with Crippen molar-refractivity contribution in [3.8, 4) is 11.3 Å². The Labute approximate surface area is 233 Å². The van der Waals surface area contributed by atoms with Gasteiger partial charge in [0.15, 0.2) is 0 Å². The van der Waals surface area contributed by atoms with Crippen LogP contribution >= 0.6 is 22.6 Å². The van der Waals surface area contributed by atoms with Crippen molar-refractivity contribution < 1.29 is 24.0 Å². The normalized spacial score (nSPS) is 16.6. The average Bonchev–Trinajstić information content (AvgIpc) is 3.50. The molecule has 0 saturated carbocycles. The largest absolute Gasteiger partial charge is 0.499 e. The molecule has 2 aromatic carbocycles. The number of aromatic amines is 1. The van der Waals surface area contributed by atoms with Gasteiger partial charge >= 0.3 is 6.03 Å². The molecule has 198 valence electrons. The second kappa shape index (κ2) is 12.7. The van der Waals surface area contributed by atoms with Crippen LogP contribution in [0.3, 0.4) is 0 Å². The molecule has 0 radical (unpaired) electrons. The number of carbonyl (C=O) groups excluding carboxylic acids is 3. The van der Waals surface area contributed by atoms with Crippen molar-refractivity contribution in [1.82, 2.24) is 25.7 Å². The van der Waals surface area contributed by atoms with Gasteiger partial charge in [-0.05, 0) is 45.9 Å². The third-order valence-corrected chi connectivity index (χ3v) is 6.88. The predicted molar refractivity (Wildman–Crippen MR) is 148 cm³/mol. The first-order valence-corrected chi connectivity index (χ1v) is 13.1. The lowest BCUT2D eigenvalue weighted by molar-refractivity contribution is -0.138. The van der Waals surface area contributed by atoms with Gasteiger partial charge in [-0.15, -0.1) is 0 Å². The zero-order chi connectivity index (χ0) is 27.1. The Morgan fingerprint density at radius 2 is 1.92 bits per heavy atom. The number of ether oxygens (including phenoxy) is 1. The summed E-state index contributed by atoms with van der Waals surface area (Å²) >= 11 is 2.24. The van der Waals surface area contributed by atoms with Gasteiger partial charge in [-0.3, -0.25) is 19.3 Å². The fourth-order valence-electron chi connectivity index (χ4n) is 4.27. The van der Waals surface area contributed by atoms with Crippen LogP contribution < -0.4 is 10.8 Å². The molecule has 0 spiro atoms. The molecule has 2 heterocycles. The summed E-state index contributed by atoms with van der Waals surface area (Å²) in [4.78, 5) is 53.0. The van der Waals surface area contributed by atoms with Crippen molar-refractivity contribution in [2.24, 2.45) is 0 Å². The number of nitrogens with zero attached hydrogens (tertiary/aromatic N) is 2. The van der Waals surface area contributed by atoms with Crippen LogP contribution in [0, 0.1) is 3.57 Å². The molecule has 1 saturated heterocycles. The maximum Gasteiger partial charge on any atom is 0.325 e. The standard InChI is InChI=1S/C27H28IN5O5/c1-3-37-13-14-38-32-23(34)15-21-26(35)33(27(36)31-21)24(17(2)18-7-5-4-6-8-18)25-29-16-22(30-25)19-9-11-20(28)12-10-19/h3-12,16-17,21,24H,1,13-15H2,2H3,(H,29,30)(H,31,36)(H,32,34)/t17-,21+,24?/m0/s1. The van der Waals surface area contributed by atoms with E-state index in [-0.39, 0.29) is 25.6 Å². The van der Waals surface area contributed by atoms with Gasteiger partial charge in [0, 0.05) is 9.49 Å². The molecule has 3 aromatic rings. The summed E-state index contributed by atoms with van der Waals surface area (Å²) in [5.74, 6) is -0.882. The van der Waals surface area contributed by atoms with Gasteiger partial charge in [0.2, 0.25) is 5.91 Å². The van der Waals surface area contributed by atoms with E-state index >= 15 is 0 Å². The van der Waals surface area contributed by atoms with Gasteiger partial charge in [-0.1, -0.05) is 56.0 Å². The number of aromatic nitrogens is 2. The van der Waals surface area contributed by atoms with E-state index in [1.54, 1.807) is 6.20 Å². The minimum Gasteiger partial charge on any atom is -0.499 e. The van der Waals surface area contributed by atoms with Crippen LogP contribution in [-0.2, 0) is 19.2 Å². The van der Waals surface area contributed by atoms with Gasteiger partial charge in [-0.2, -0.15) is 0 Å². The van der Waals surface area contributed by atoms with Crippen LogP contribution in [0.25, 0.3) is 11.3 Å². The lowest BCUT2D eigenvalue weighted by Crippen LogP contribution is -2.39. The second-order valence-electron chi connectivity index (χ2n) is 8.66. The lowest BCUT2D eigenvalue weighted by Gasteiger charge is -2.29. The minimum atomic E-state index is -1.04. The summed E-state index contributed by atoms with van der Waals surface area (Å²) in [7, 11) is 0. The van der Waals surface area contributed by atoms with Crippen molar-refractivity contribution in [1.29, 1.82) is 0 Å². The molecule has 4 rings (SSSR count). The Balaban J connectivity index is 1.56. The summed E-state index contributed by atoms with van der Waals surface area (Å²) in [6, 6.07) is 15.2. The number of hydrogen-bond acceptors (Lipinski definition) is 6. The summed E-state index contributed by atoms with van der Waals surface area (Å²) in [6.45, 7) is 5.67. The van der Waals surface area contributed by atoms with Crippen molar-refractivity contribution in [3.05, 3.63) is 88.6 Å². The lowest BCUT2D eigenvalue weighted by atomic mass is 9.91. The predicted octanol–water partition coefficient (Wildman–Crippen LogP) is 4.04. The van der Waals surface area contributed by atoms with E-state index < -0.39 is 29.9 Å². The average molecular weight is 629 g/mol. The molecule has 1 fully saturated rings. The fourth-order valence-corrected chi connectivity index (χ4v) is 4.63. The highest BCUT2D eigenvalue weighted by atomic mass is 127. The van der Waals surface area contributed by atoms with Gasteiger partial charge in [0.1, 0.15) is 31.1 Å². The Morgan fingerprint density at radius 3 is 2.63 bits per heavy atom. The number of hydrogen-bond donors (Lipinski definition) is 3. The van der Waals surface area contributed by atoms with E-state index in [1.807, 2.05) is 61.5 Å². The smallest absolute Gasteiger partial charge is 0.325 e. The molecule has 10 nitrogen and oxygen atoms in total. The van der Waals surface area contributed by atoms with Gasteiger partial charge in [0.25, 0.3) is 5.91 Å². The highest BCUT2D eigenvalue weighted by Crippen LogP contribution is 2.37. The number of imidazole rings is 1. The molecule has 3 N–H and O–H groups in total. The zero-order valence-corrected chi connectivity index (χ0v) is 22.9. The minimum absolute atomic E-state index is 0.104. The maximum absolute atomic E-state index is 13.5. The SMILES string of the molecule is C=COCCONC(=O)C[C@H]1NC(=O)N(C(c2ncc(-c3ccc(I)cc3)[nH]2)[C@@H](C)c2ccccc2)C1=O. The first-order chi connectivity index (χ1) is 18.4. The zero-order valence-electron chi connectivity index (χ0n) is 20.7. The first-order valence-electron chi connectivity index (χ1n) is 12.0. The molecular weight excluding hydrogens is 601 g/mol. The van der Waals surface area contributed by atoms with E-state index in [1.165, 1.54) is 6.26 Å². The van der Waals surface area contributed by atoms with Crippen LogP contribution in [0.2, 0.25) is 0 Å². The van der Waals surface area contributed by atoms with Crippen LogP contribution in [0.15, 0.2) is 73.6 Å². The van der Waals surface area contributed by atoms with Gasteiger partial charge in [-0.25, -0.2) is 15.3 Å². The van der Waals surface area contributed by atoms with Crippen LogP contribution in [0.4, 0.5) is 4.79 Å². The number of amides is 4. The van der Waals surface area contributed by atoms with Gasteiger partial charge < -0.3 is 15.0 Å². The van der Waals surface area contributed by atoms with Crippen LogP contribution in [0.5, 0.6) is 0 Å². The molecule has 3 atom stereocenters. The number of halogens is 1. The molecule has 1 unspecified atom stereocenters. The number of benzene rings is 2. The summed E-state index contributed by atoms with van der Waals surface area (Å²) < 4.78 is 6.02. The molecular formula is C27H28IN5O5. The van der Waals surface area contributed by atoms with Crippen molar-refractivity contribution >= 4 is 40.4 Å². The van der Waals surface area contributed by atoms with E-state index in [0.717, 1.165) is 25.3 Å². The quantitative estimate of drug-likeness (QED) is 0.0914. The number of rotatable bonds is 12. The maximum atomic E-state index is 13.5. The molecule has 4 amide bonds. The van der Waals surface area contributed by atoms with E-state index in [9.17, 15) is 14.4 Å². The van der Waals surface area contributed by atoms with Crippen molar-refractivity contribution in [3.63, 3.8) is 0 Å². The highest BCUT2D eigenvalue weighted by Gasteiger charge is 2.46. The summed E-state index contributed by atoms with van der Waals surface area (Å²) in [5.41, 5.74) is 4.89. The van der Waals surface area contributed by atoms with E-state index in [0.29, 0.717) is 5.82 Å². The van der Waals surface area contributed by atoms with Gasteiger partial charge in [0.05, 0.1) is 24.6 Å². The fraction of sp³-hybridized carbons (Fsp3) is 0.259. The second-order valence-corrected chi connectivity index (χ2v) is 9.90. The Kier molecular flexibility index (Phi) is 9.13. The Hall–Kier alpha value is -3.71. The molecule has 1 aromatic heterocycles. The molecule has 11 heteroatoms. The number of hydroxylamine groups is 1. The molecule has 38 heavy (non-hydrogen) atoms. The van der Waals surface area contributed by atoms with E-state index in [2.05, 4.69) is 49.9 Å². The third kappa shape index (κ3) is 6.40. The number of H-pyrrole nitrogens is 1. The number of imide groups is 1.